The molecule has 1 radical (unpaired) electrons. The lowest BCUT2D eigenvalue weighted by Gasteiger charge is -2.02. The molecule has 1 aromatic heterocycles. The Morgan fingerprint density at radius 2 is 2.43 bits per heavy atom. The van der Waals surface area contributed by atoms with E-state index in [0.29, 0.717) is 12.2 Å². The molecule has 2 rings (SSSR count). The van der Waals surface area contributed by atoms with E-state index in [4.69, 9.17) is 4.74 Å². The highest BCUT2D eigenvalue weighted by atomic mass is 16.5. The van der Waals surface area contributed by atoms with Gasteiger partial charge >= 0.3 is 5.97 Å². The maximum Gasteiger partial charge on any atom is 0.340 e. The quantitative estimate of drug-likeness (QED) is 0.733. The molecule has 0 spiro atoms. The zero-order chi connectivity index (χ0) is 9.97. The van der Waals surface area contributed by atoms with Crippen molar-refractivity contribution in [3.8, 4) is 0 Å². The highest BCUT2D eigenvalue weighted by molar-refractivity contribution is 6.02. The molecule has 1 heterocycles. The number of benzene rings is 1. The summed E-state index contributed by atoms with van der Waals surface area (Å²) in [7, 11) is 0. The molecule has 3 nitrogen and oxygen atoms in total. The second kappa shape index (κ2) is 3.54. The fourth-order valence-corrected chi connectivity index (χ4v) is 1.39. The molecule has 14 heavy (non-hydrogen) atoms. The van der Waals surface area contributed by atoms with Crippen LogP contribution in [0.15, 0.2) is 24.4 Å². The molecule has 0 aliphatic carbocycles. The first-order valence-corrected chi connectivity index (χ1v) is 4.48. The van der Waals surface area contributed by atoms with Crippen LogP contribution in [0.3, 0.4) is 0 Å². The first kappa shape index (κ1) is 8.81. The molecule has 2 aromatic rings. The van der Waals surface area contributed by atoms with Gasteiger partial charge in [-0.1, -0.05) is 12.1 Å². The van der Waals surface area contributed by atoms with E-state index in [1.807, 2.05) is 12.1 Å². The summed E-state index contributed by atoms with van der Waals surface area (Å²) in [5.74, 6) is -0.297. The Balaban J connectivity index is 2.50. The van der Waals surface area contributed by atoms with Crippen molar-refractivity contribution in [2.75, 3.05) is 6.61 Å². The van der Waals surface area contributed by atoms with E-state index in [0.717, 1.165) is 10.9 Å². The van der Waals surface area contributed by atoms with Crippen LogP contribution in [0.4, 0.5) is 0 Å². The van der Waals surface area contributed by atoms with E-state index in [1.54, 1.807) is 19.2 Å². The van der Waals surface area contributed by atoms with Gasteiger partial charge < -0.3 is 9.72 Å². The highest BCUT2D eigenvalue weighted by Crippen LogP contribution is 2.16. The Kier molecular flexibility index (Phi) is 2.23. The van der Waals surface area contributed by atoms with Gasteiger partial charge in [-0.05, 0) is 13.0 Å². The first-order valence-electron chi connectivity index (χ1n) is 4.48. The average molecular weight is 188 g/mol. The summed E-state index contributed by atoms with van der Waals surface area (Å²) in [5.41, 5.74) is 1.34. The number of hydrogen-bond donors (Lipinski definition) is 1. The number of carbonyl (C=O) groups is 1. The van der Waals surface area contributed by atoms with Gasteiger partial charge in [0, 0.05) is 17.6 Å². The molecule has 0 aliphatic heterocycles. The number of ether oxygens (including phenoxy) is 1. The van der Waals surface area contributed by atoms with Crippen molar-refractivity contribution in [1.29, 1.82) is 0 Å². The molecule has 0 unspecified atom stereocenters. The molecule has 0 saturated heterocycles. The van der Waals surface area contributed by atoms with Gasteiger partial charge in [-0.15, -0.1) is 0 Å². The van der Waals surface area contributed by atoms with Crippen LogP contribution in [0.25, 0.3) is 10.9 Å². The fraction of sp³-hybridized carbons (Fsp3) is 0.182. The normalized spacial score (nSPS) is 10.4. The number of rotatable bonds is 2. The van der Waals surface area contributed by atoms with Gasteiger partial charge in [-0.3, -0.25) is 0 Å². The molecule has 0 amide bonds. The number of fused-ring (bicyclic) bond motifs is 1. The second-order valence-corrected chi connectivity index (χ2v) is 2.88. The van der Waals surface area contributed by atoms with E-state index in [2.05, 4.69) is 11.1 Å². The van der Waals surface area contributed by atoms with Gasteiger partial charge in [-0.2, -0.15) is 0 Å². The van der Waals surface area contributed by atoms with Crippen molar-refractivity contribution < 1.29 is 9.53 Å². The minimum absolute atomic E-state index is 0.297. The summed E-state index contributed by atoms with van der Waals surface area (Å²) < 4.78 is 4.93. The van der Waals surface area contributed by atoms with Crippen LogP contribution < -0.4 is 0 Å². The van der Waals surface area contributed by atoms with E-state index in [1.165, 1.54) is 0 Å². The average Bonchev–Trinajstić information content (AvgIpc) is 2.65. The van der Waals surface area contributed by atoms with Crippen molar-refractivity contribution >= 4 is 16.9 Å². The molecular formula is C11H10NO2. The lowest BCUT2D eigenvalue weighted by molar-refractivity contribution is 0.0528. The van der Waals surface area contributed by atoms with Gasteiger partial charge in [-0.25, -0.2) is 4.79 Å². The van der Waals surface area contributed by atoms with Gasteiger partial charge in [0.1, 0.15) is 0 Å². The van der Waals surface area contributed by atoms with Gasteiger partial charge in [0.2, 0.25) is 0 Å². The Bertz CT molecular complexity index is 459. The molecule has 3 heteroatoms. The summed E-state index contributed by atoms with van der Waals surface area (Å²) in [6.07, 6.45) is 1.69. The van der Waals surface area contributed by atoms with Crippen LogP contribution in [-0.4, -0.2) is 17.6 Å². The maximum absolute atomic E-state index is 11.5. The Hall–Kier alpha value is -1.77. The highest BCUT2D eigenvalue weighted by Gasteiger charge is 2.10. The molecule has 0 bridgehead atoms. The predicted molar refractivity (Wildman–Crippen MR) is 53.1 cm³/mol. The zero-order valence-corrected chi connectivity index (χ0v) is 7.83. The maximum atomic E-state index is 11.5. The van der Waals surface area contributed by atoms with E-state index >= 15 is 0 Å². The van der Waals surface area contributed by atoms with E-state index < -0.39 is 0 Å². The summed E-state index contributed by atoms with van der Waals surface area (Å²) in [5, 5.41) is 0.899. The van der Waals surface area contributed by atoms with Crippen molar-refractivity contribution in [3.05, 3.63) is 36.0 Å². The minimum Gasteiger partial charge on any atom is -0.462 e. The van der Waals surface area contributed by atoms with Crippen molar-refractivity contribution in [2.24, 2.45) is 0 Å². The van der Waals surface area contributed by atoms with Gasteiger partial charge in [0.15, 0.2) is 0 Å². The van der Waals surface area contributed by atoms with Crippen LogP contribution in [0.2, 0.25) is 0 Å². The number of aromatic amines is 1. The number of para-hydroxylation sites is 1. The summed E-state index contributed by atoms with van der Waals surface area (Å²) in [4.78, 5) is 14.5. The predicted octanol–water partition coefficient (Wildman–Crippen LogP) is 2.14. The topological polar surface area (TPSA) is 42.1 Å². The molecule has 0 saturated carbocycles. The molecular weight excluding hydrogens is 178 g/mol. The number of carbonyl (C=O) groups excluding carboxylic acids is 1. The number of H-pyrrole nitrogens is 1. The summed E-state index contributed by atoms with van der Waals surface area (Å²) >= 11 is 0. The zero-order valence-electron chi connectivity index (χ0n) is 7.83. The Morgan fingerprint density at radius 3 is 3.21 bits per heavy atom. The summed E-state index contributed by atoms with van der Waals surface area (Å²) in [6.45, 7) is 2.18. The second-order valence-electron chi connectivity index (χ2n) is 2.88. The minimum atomic E-state index is -0.297. The van der Waals surface area contributed by atoms with Crippen LogP contribution >= 0.6 is 0 Å². The number of nitrogens with one attached hydrogen (secondary N) is 1. The Labute approximate surface area is 81.7 Å². The number of hydrogen-bond acceptors (Lipinski definition) is 2. The van der Waals surface area contributed by atoms with Crippen molar-refractivity contribution in [3.63, 3.8) is 0 Å². The first-order chi connectivity index (χ1) is 6.83. The molecule has 0 aliphatic rings. The number of esters is 1. The standard InChI is InChI=1S/C11H10NO2/c1-2-14-11(13)9-5-3-4-8-6-7-12-10(8)9/h3-5,7,12H,2H2,1H3. The van der Waals surface area contributed by atoms with E-state index in [-0.39, 0.29) is 5.97 Å². The third-order valence-corrected chi connectivity index (χ3v) is 2.00. The van der Waals surface area contributed by atoms with Crippen molar-refractivity contribution in [2.45, 2.75) is 6.92 Å². The van der Waals surface area contributed by atoms with Crippen LogP contribution in [0.5, 0.6) is 0 Å². The monoisotopic (exact) mass is 188 g/mol. The number of aromatic nitrogens is 1. The lowest BCUT2D eigenvalue weighted by atomic mass is 10.1. The van der Waals surface area contributed by atoms with E-state index in [9.17, 15) is 4.79 Å². The van der Waals surface area contributed by atoms with Crippen molar-refractivity contribution in [1.82, 2.24) is 4.98 Å². The van der Waals surface area contributed by atoms with Crippen LogP contribution in [0, 0.1) is 6.07 Å². The van der Waals surface area contributed by atoms with Crippen LogP contribution in [-0.2, 0) is 4.74 Å². The molecule has 0 atom stereocenters. The van der Waals surface area contributed by atoms with Crippen LogP contribution in [0.1, 0.15) is 17.3 Å². The largest absolute Gasteiger partial charge is 0.462 e. The molecule has 1 N–H and O–H groups in total. The molecule has 71 valence electrons. The third-order valence-electron chi connectivity index (χ3n) is 2.00. The fourth-order valence-electron chi connectivity index (χ4n) is 1.39. The third kappa shape index (κ3) is 1.37. The van der Waals surface area contributed by atoms with Gasteiger partial charge in [0.05, 0.1) is 17.7 Å². The summed E-state index contributed by atoms with van der Waals surface area (Å²) in [6, 6.07) is 8.45. The molecule has 1 aromatic carbocycles. The van der Waals surface area contributed by atoms with Gasteiger partial charge in [0.25, 0.3) is 0 Å². The molecule has 0 fully saturated rings. The Morgan fingerprint density at radius 1 is 1.57 bits per heavy atom. The SMILES string of the molecule is CCOC(=O)c1cccc2[c]c[nH]c12. The lowest BCUT2D eigenvalue weighted by Crippen LogP contribution is -2.04. The smallest absolute Gasteiger partial charge is 0.340 e.